The highest BCUT2D eigenvalue weighted by Gasteiger charge is 2.42. The van der Waals surface area contributed by atoms with Gasteiger partial charge in [0, 0.05) is 24.5 Å². The van der Waals surface area contributed by atoms with Crippen molar-refractivity contribution in [3.63, 3.8) is 0 Å². The van der Waals surface area contributed by atoms with Gasteiger partial charge in [0.15, 0.2) is 0 Å². The number of aromatic nitrogens is 2. The van der Waals surface area contributed by atoms with Crippen LogP contribution in [0.25, 0.3) is 11.0 Å². The normalized spacial score (nSPS) is 23.8. The summed E-state index contributed by atoms with van der Waals surface area (Å²) in [6.07, 6.45) is 4.03. The summed E-state index contributed by atoms with van der Waals surface area (Å²) in [6.45, 7) is 5.09. The minimum atomic E-state index is -0.175. The molecule has 2 unspecified atom stereocenters. The van der Waals surface area contributed by atoms with Crippen LogP contribution in [0, 0.1) is 11.8 Å². The molecule has 1 amide bonds. The van der Waals surface area contributed by atoms with Crippen molar-refractivity contribution in [1.82, 2.24) is 9.55 Å². The van der Waals surface area contributed by atoms with Gasteiger partial charge in [-0.3, -0.25) is 4.79 Å². The molecule has 140 valence electrons. The Morgan fingerprint density at radius 3 is 2.54 bits per heavy atom. The van der Waals surface area contributed by atoms with Gasteiger partial charge in [0.25, 0.3) is 0 Å². The average molecular weight is 395 g/mol. The van der Waals surface area contributed by atoms with Gasteiger partial charge in [0.2, 0.25) is 11.9 Å². The molecular weight excluding hydrogens is 371 g/mol. The van der Waals surface area contributed by atoms with Gasteiger partial charge < -0.3 is 15.2 Å². The fraction of sp³-hybridized carbons (Fsp3) is 0.579. The number of amides is 1. The van der Waals surface area contributed by atoms with E-state index in [9.17, 15) is 4.79 Å². The topological polar surface area (TPSA) is 64.2 Å². The van der Waals surface area contributed by atoms with Crippen molar-refractivity contribution in [2.45, 2.75) is 51.6 Å². The second-order valence-electron chi connectivity index (χ2n) is 7.85. The van der Waals surface area contributed by atoms with E-state index in [0.717, 1.165) is 36.4 Å². The van der Waals surface area contributed by atoms with Gasteiger partial charge in [-0.1, -0.05) is 23.2 Å². The van der Waals surface area contributed by atoms with E-state index in [1.54, 1.807) is 0 Å². The third-order valence-corrected chi connectivity index (χ3v) is 6.42. The SMILES string of the molecule is CC(C)n1c(N2CCC(C(N)=O)CC2C2CC2)nc2cc(Cl)c(Cl)cc21. The standard InChI is InChI=1S/C19H24Cl2N4O/c1-10(2)25-17-9-14(21)13(20)8-15(17)23-19(25)24-6-5-12(18(22)26)7-16(24)11-3-4-11/h8-12,16H,3-7H2,1-2H3,(H2,22,26). The van der Waals surface area contributed by atoms with Crippen molar-refractivity contribution >= 4 is 46.1 Å². The average Bonchev–Trinajstić information content (AvgIpc) is 3.37. The Hall–Kier alpha value is -1.46. The third-order valence-electron chi connectivity index (χ3n) is 5.70. The van der Waals surface area contributed by atoms with E-state index in [-0.39, 0.29) is 17.9 Å². The summed E-state index contributed by atoms with van der Waals surface area (Å²) < 4.78 is 2.23. The molecule has 4 rings (SSSR count). The van der Waals surface area contributed by atoms with Gasteiger partial charge in [-0.2, -0.15) is 0 Å². The Balaban J connectivity index is 1.79. The van der Waals surface area contributed by atoms with Crippen molar-refractivity contribution in [1.29, 1.82) is 0 Å². The van der Waals surface area contributed by atoms with Crippen LogP contribution in [-0.2, 0) is 4.79 Å². The highest BCUT2D eigenvalue weighted by molar-refractivity contribution is 6.42. The molecular formula is C19H24Cl2N4O. The molecule has 2 N–H and O–H groups in total. The Morgan fingerprint density at radius 1 is 1.23 bits per heavy atom. The molecule has 1 aliphatic carbocycles. The molecule has 1 aromatic carbocycles. The van der Waals surface area contributed by atoms with Crippen LogP contribution in [-0.4, -0.2) is 28.0 Å². The predicted octanol–water partition coefficient (Wildman–Crippen LogP) is 4.40. The van der Waals surface area contributed by atoms with E-state index in [2.05, 4.69) is 23.3 Å². The minimum Gasteiger partial charge on any atom is -0.369 e. The number of fused-ring (bicyclic) bond motifs is 1. The molecule has 1 aromatic heterocycles. The lowest BCUT2D eigenvalue weighted by molar-refractivity contribution is -0.122. The number of halogens is 2. The summed E-state index contributed by atoms with van der Waals surface area (Å²) in [4.78, 5) is 19.0. The maximum Gasteiger partial charge on any atom is 0.220 e. The van der Waals surface area contributed by atoms with Crippen LogP contribution in [0.4, 0.5) is 5.95 Å². The fourth-order valence-electron chi connectivity index (χ4n) is 4.22. The smallest absolute Gasteiger partial charge is 0.220 e. The van der Waals surface area contributed by atoms with Crippen LogP contribution < -0.4 is 10.6 Å². The molecule has 7 heteroatoms. The van der Waals surface area contributed by atoms with Crippen molar-refractivity contribution < 1.29 is 4.79 Å². The molecule has 1 saturated carbocycles. The number of primary amides is 1. The number of piperidine rings is 1. The lowest BCUT2D eigenvalue weighted by Gasteiger charge is -2.40. The van der Waals surface area contributed by atoms with Gasteiger partial charge in [0.05, 0.1) is 21.1 Å². The van der Waals surface area contributed by atoms with Crippen LogP contribution >= 0.6 is 23.2 Å². The molecule has 0 spiro atoms. The van der Waals surface area contributed by atoms with E-state index < -0.39 is 0 Å². The third kappa shape index (κ3) is 3.05. The molecule has 1 saturated heterocycles. The van der Waals surface area contributed by atoms with Gasteiger partial charge in [-0.25, -0.2) is 4.98 Å². The highest BCUT2D eigenvalue weighted by atomic mass is 35.5. The van der Waals surface area contributed by atoms with Crippen molar-refractivity contribution in [3.05, 3.63) is 22.2 Å². The zero-order chi connectivity index (χ0) is 18.6. The molecule has 2 aromatic rings. The summed E-state index contributed by atoms with van der Waals surface area (Å²) in [6, 6.07) is 4.30. The molecule has 2 atom stereocenters. The number of rotatable bonds is 4. The van der Waals surface area contributed by atoms with Crippen molar-refractivity contribution in [3.8, 4) is 0 Å². The lowest BCUT2D eigenvalue weighted by Crippen LogP contribution is -2.48. The van der Waals surface area contributed by atoms with Crippen LogP contribution in [0.2, 0.25) is 10.0 Å². The van der Waals surface area contributed by atoms with Gasteiger partial charge in [-0.15, -0.1) is 0 Å². The Bertz CT molecular complexity index is 859. The van der Waals surface area contributed by atoms with E-state index in [1.807, 2.05) is 12.1 Å². The molecule has 26 heavy (non-hydrogen) atoms. The molecule has 1 aliphatic heterocycles. The molecule has 2 fully saturated rings. The largest absolute Gasteiger partial charge is 0.369 e. The highest BCUT2D eigenvalue weighted by Crippen LogP contribution is 2.43. The summed E-state index contributed by atoms with van der Waals surface area (Å²) in [5.74, 6) is 1.38. The summed E-state index contributed by atoms with van der Waals surface area (Å²) in [5, 5.41) is 1.06. The lowest BCUT2D eigenvalue weighted by atomic mass is 9.88. The van der Waals surface area contributed by atoms with Crippen molar-refractivity contribution in [2.24, 2.45) is 17.6 Å². The first-order valence-corrected chi connectivity index (χ1v) is 10.1. The van der Waals surface area contributed by atoms with Gasteiger partial charge in [-0.05, 0) is 57.6 Å². The number of nitrogens with two attached hydrogens (primary N) is 1. The Labute approximate surface area is 163 Å². The zero-order valence-electron chi connectivity index (χ0n) is 15.1. The van der Waals surface area contributed by atoms with Gasteiger partial charge >= 0.3 is 0 Å². The van der Waals surface area contributed by atoms with Crippen molar-refractivity contribution in [2.75, 3.05) is 11.4 Å². The van der Waals surface area contributed by atoms with Crippen LogP contribution in [0.15, 0.2) is 12.1 Å². The first-order valence-electron chi connectivity index (χ1n) is 9.29. The molecule has 5 nitrogen and oxygen atoms in total. The Morgan fingerprint density at radius 2 is 1.92 bits per heavy atom. The van der Waals surface area contributed by atoms with Crippen LogP contribution in [0.1, 0.15) is 45.6 Å². The van der Waals surface area contributed by atoms with E-state index in [1.165, 1.54) is 12.8 Å². The molecule has 0 radical (unpaired) electrons. The summed E-state index contributed by atoms with van der Waals surface area (Å²) >= 11 is 12.5. The maximum absolute atomic E-state index is 11.7. The second-order valence-corrected chi connectivity index (χ2v) is 8.67. The first-order chi connectivity index (χ1) is 12.4. The summed E-state index contributed by atoms with van der Waals surface area (Å²) in [7, 11) is 0. The van der Waals surface area contributed by atoms with Gasteiger partial charge in [0.1, 0.15) is 0 Å². The van der Waals surface area contributed by atoms with E-state index in [4.69, 9.17) is 33.9 Å². The van der Waals surface area contributed by atoms with E-state index in [0.29, 0.717) is 22.0 Å². The number of imidazole rings is 1. The number of anilines is 1. The first kappa shape index (κ1) is 17.9. The number of nitrogens with zero attached hydrogens (tertiary/aromatic N) is 3. The molecule has 2 heterocycles. The number of benzene rings is 1. The Kier molecular flexibility index (Phi) is 4.56. The van der Waals surface area contributed by atoms with Crippen LogP contribution in [0.5, 0.6) is 0 Å². The second kappa shape index (κ2) is 6.61. The van der Waals surface area contributed by atoms with E-state index >= 15 is 0 Å². The monoisotopic (exact) mass is 394 g/mol. The number of carbonyl (C=O) groups excluding carboxylic acids is 1. The number of hydrogen-bond acceptors (Lipinski definition) is 3. The molecule has 2 aliphatic rings. The fourth-order valence-corrected chi connectivity index (χ4v) is 4.54. The van der Waals surface area contributed by atoms with Crippen LogP contribution in [0.3, 0.4) is 0 Å². The number of hydrogen-bond donors (Lipinski definition) is 1. The zero-order valence-corrected chi connectivity index (χ0v) is 16.6. The predicted molar refractivity (Wildman–Crippen MR) is 106 cm³/mol. The summed E-state index contributed by atoms with van der Waals surface area (Å²) in [5.41, 5.74) is 7.45. The molecule has 0 bridgehead atoms. The number of carbonyl (C=O) groups is 1. The maximum atomic E-state index is 11.7. The quantitative estimate of drug-likeness (QED) is 0.835. The minimum absolute atomic E-state index is 0.0300.